The first kappa shape index (κ1) is 18.8. The first-order valence-corrected chi connectivity index (χ1v) is 8.80. The molecule has 0 saturated heterocycles. The molecule has 3 aromatic rings. The number of nitrogens with zero attached hydrogens (tertiary/aromatic N) is 2. The summed E-state index contributed by atoms with van der Waals surface area (Å²) in [5, 5.41) is 5.39. The van der Waals surface area contributed by atoms with E-state index in [2.05, 4.69) is 5.10 Å². The largest absolute Gasteiger partial charge is 0.449 e. The molecule has 0 N–H and O–H groups in total. The molecule has 0 fully saturated rings. The highest BCUT2D eigenvalue weighted by molar-refractivity contribution is 6.30. The van der Waals surface area contributed by atoms with E-state index in [1.54, 1.807) is 55.5 Å². The van der Waals surface area contributed by atoms with E-state index >= 15 is 0 Å². The van der Waals surface area contributed by atoms with Gasteiger partial charge in [-0.05, 0) is 44.2 Å². The van der Waals surface area contributed by atoms with Crippen molar-refractivity contribution in [2.24, 2.45) is 0 Å². The molecule has 0 amide bonds. The third kappa shape index (κ3) is 3.75. The van der Waals surface area contributed by atoms with Gasteiger partial charge in [-0.1, -0.05) is 29.8 Å². The standard InChI is InChI=1S/C20H17ClN2O4/c1-3-23-19(25)16-7-5-4-6-15(16)17(22-23)20(26)27-12(2)18(24)13-8-10-14(21)11-9-13/h4-12H,3H2,1-2H3/t12-/m0/s1. The zero-order valence-corrected chi connectivity index (χ0v) is 15.6. The lowest BCUT2D eigenvalue weighted by atomic mass is 10.1. The van der Waals surface area contributed by atoms with Crippen LogP contribution in [-0.4, -0.2) is 27.6 Å². The summed E-state index contributed by atoms with van der Waals surface area (Å²) in [7, 11) is 0. The molecule has 0 aliphatic rings. The minimum Gasteiger partial charge on any atom is -0.449 e. The van der Waals surface area contributed by atoms with E-state index < -0.39 is 12.1 Å². The smallest absolute Gasteiger partial charge is 0.360 e. The molecule has 1 heterocycles. The van der Waals surface area contributed by atoms with Crippen LogP contribution >= 0.6 is 11.6 Å². The molecule has 0 aliphatic carbocycles. The maximum atomic E-state index is 12.7. The number of rotatable bonds is 5. The molecule has 0 saturated carbocycles. The third-order valence-electron chi connectivity index (χ3n) is 4.14. The quantitative estimate of drug-likeness (QED) is 0.497. The Morgan fingerprint density at radius 1 is 1.11 bits per heavy atom. The number of ether oxygens (including phenoxy) is 1. The van der Waals surface area contributed by atoms with Gasteiger partial charge in [-0.3, -0.25) is 9.59 Å². The number of esters is 1. The normalized spacial score (nSPS) is 12.0. The number of hydrogen-bond acceptors (Lipinski definition) is 5. The molecule has 138 valence electrons. The van der Waals surface area contributed by atoms with Gasteiger partial charge in [0.25, 0.3) is 5.56 Å². The Kier molecular flexibility index (Phi) is 5.37. The summed E-state index contributed by atoms with van der Waals surface area (Å²) in [5.41, 5.74) is 0.105. The molecule has 0 spiro atoms. The van der Waals surface area contributed by atoms with Crippen LogP contribution in [0.15, 0.2) is 53.3 Å². The Morgan fingerprint density at radius 2 is 1.74 bits per heavy atom. The van der Waals surface area contributed by atoms with Crippen LogP contribution in [0, 0.1) is 0 Å². The number of halogens is 1. The fraction of sp³-hybridized carbons (Fsp3) is 0.200. The number of ketones is 1. The molecule has 0 radical (unpaired) electrons. The Bertz CT molecular complexity index is 1070. The van der Waals surface area contributed by atoms with Gasteiger partial charge in [-0.25, -0.2) is 9.48 Å². The highest BCUT2D eigenvalue weighted by Crippen LogP contribution is 2.17. The van der Waals surface area contributed by atoms with Crippen molar-refractivity contribution in [1.29, 1.82) is 0 Å². The predicted octanol–water partition coefficient (Wildman–Crippen LogP) is 3.50. The fourth-order valence-corrected chi connectivity index (χ4v) is 2.84. The average Bonchev–Trinajstić information content (AvgIpc) is 2.68. The lowest BCUT2D eigenvalue weighted by molar-refractivity contribution is 0.0313. The Balaban J connectivity index is 1.92. The maximum Gasteiger partial charge on any atom is 0.360 e. The van der Waals surface area contributed by atoms with Crippen molar-refractivity contribution in [1.82, 2.24) is 9.78 Å². The van der Waals surface area contributed by atoms with Crippen molar-refractivity contribution in [2.45, 2.75) is 26.5 Å². The summed E-state index contributed by atoms with van der Waals surface area (Å²) in [5.74, 6) is -1.11. The number of hydrogen-bond donors (Lipinski definition) is 0. The molecule has 0 aliphatic heterocycles. The number of benzene rings is 2. The number of aryl methyl sites for hydroxylation is 1. The minimum absolute atomic E-state index is 0.00260. The first-order valence-electron chi connectivity index (χ1n) is 8.43. The van der Waals surface area contributed by atoms with Gasteiger partial charge in [0.1, 0.15) is 0 Å². The third-order valence-corrected chi connectivity index (χ3v) is 4.39. The molecule has 2 aromatic carbocycles. The number of fused-ring (bicyclic) bond motifs is 1. The van der Waals surface area contributed by atoms with Crippen molar-refractivity contribution in [2.75, 3.05) is 0 Å². The lowest BCUT2D eigenvalue weighted by Crippen LogP contribution is -2.29. The lowest BCUT2D eigenvalue weighted by Gasteiger charge is -2.14. The van der Waals surface area contributed by atoms with E-state index in [-0.39, 0.29) is 17.0 Å². The van der Waals surface area contributed by atoms with E-state index in [0.717, 1.165) is 0 Å². The molecular weight excluding hydrogens is 368 g/mol. The van der Waals surface area contributed by atoms with E-state index in [1.807, 2.05) is 0 Å². The summed E-state index contributed by atoms with van der Waals surface area (Å²) in [6, 6.07) is 13.0. The fourth-order valence-electron chi connectivity index (χ4n) is 2.72. The Morgan fingerprint density at radius 3 is 2.37 bits per heavy atom. The SMILES string of the molecule is CCn1nc(C(=O)O[C@@H](C)C(=O)c2ccc(Cl)cc2)c2ccccc2c1=O. The summed E-state index contributed by atoms with van der Waals surface area (Å²) < 4.78 is 6.53. The summed E-state index contributed by atoms with van der Waals surface area (Å²) in [6.45, 7) is 3.56. The predicted molar refractivity (Wildman–Crippen MR) is 102 cm³/mol. The van der Waals surface area contributed by atoms with Gasteiger partial charge in [0.2, 0.25) is 5.78 Å². The van der Waals surface area contributed by atoms with E-state index in [1.165, 1.54) is 11.6 Å². The number of Topliss-reactive ketones (excluding diaryl/α,β-unsaturated/α-hetero) is 1. The molecule has 27 heavy (non-hydrogen) atoms. The van der Waals surface area contributed by atoms with Crippen LogP contribution in [0.2, 0.25) is 5.02 Å². The summed E-state index contributed by atoms with van der Waals surface area (Å²) >= 11 is 5.82. The number of aromatic nitrogens is 2. The van der Waals surface area contributed by atoms with Crippen LogP contribution < -0.4 is 5.56 Å². The zero-order valence-electron chi connectivity index (χ0n) is 14.8. The molecule has 1 aromatic heterocycles. The second-order valence-corrected chi connectivity index (χ2v) is 6.37. The Labute approximate surface area is 160 Å². The maximum absolute atomic E-state index is 12.7. The average molecular weight is 385 g/mol. The van der Waals surface area contributed by atoms with Gasteiger partial charge in [-0.15, -0.1) is 0 Å². The molecule has 1 atom stereocenters. The van der Waals surface area contributed by atoms with Crippen molar-refractivity contribution in [3.05, 3.63) is 75.2 Å². The highest BCUT2D eigenvalue weighted by Gasteiger charge is 2.24. The second-order valence-electron chi connectivity index (χ2n) is 5.93. The van der Waals surface area contributed by atoms with Gasteiger partial charge in [-0.2, -0.15) is 5.10 Å². The van der Waals surface area contributed by atoms with Gasteiger partial charge in [0.05, 0.1) is 5.39 Å². The summed E-state index contributed by atoms with van der Waals surface area (Å²) in [4.78, 5) is 37.5. The van der Waals surface area contributed by atoms with Crippen LogP contribution in [-0.2, 0) is 11.3 Å². The van der Waals surface area contributed by atoms with E-state index in [4.69, 9.17) is 16.3 Å². The molecule has 7 heteroatoms. The molecule has 6 nitrogen and oxygen atoms in total. The van der Waals surface area contributed by atoms with Crippen LogP contribution in [0.25, 0.3) is 10.8 Å². The van der Waals surface area contributed by atoms with Crippen LogP contribution in [0.3, 0.4) is 0 Å². The molecular formula is C20H17ClN2O4. The van der Waals surface area contributed by atoms with Crippen LogP contribution in [0.4, 0.5) is 0 Å². The number of carbonyl (C=O) groups excluding carboxylic acids is 2. The van der Waals surface area contributed by atoms with E-state index in [0.29, 0.717) is 27.9 Å². The van der Waals surface area contributed by atoms with E-state index in [9.17, 15) is 14.4 Å². The monoisotopic (exact) mass is 384 g/mol. The van der Waals surface area contributed by atoms with Gasteiger partial charge < -0.3 is 4.74 Å². The van der Waals surface area contributed by atoms with Crippen LogP contribution in [0.5, 0.6) is 0 Å². The highest BCUT2D eigenvalue weighted by atomic mass is 35.5. The number of carbonyl (C=O) groups is 2. The van der Waals surface area contributed by atoms with Crippen molar-refractivity contribution >= 4 is 34.1 Å². The minimum atomic E-state index is -1.01. The first-order chi connectivity index (χ1) is 12.9. The topological polar surface area (TPSA) is 78.3 Å². The van der Waals surface area contributed by atoms with Crippen LogP contribution in [0.1, 0.15) is 34.7 Å². The summed E-state index contributed by atoms with van der Waals surface area (Å²) in [6.07, 6.45) is -1.01. The van der Waals surface area contributed by atoms with Crippen molar-refractivity contribution in [3.63, 3.8) is 0 Å². The van der Waals surface area contributed by atoms with Crippen molar-refractivity contribution in [3.8, 4) is 0 Å². The van der Waals surface area contributed by atoms with Gasteiger partial charge in [0, 0.05) is 22.5 Å². The second kappa shape index (κ2) is 7.72. The van der Waals surface area contributed by atoms with Gasteiger partial charge in [0.15, 0.2) is 11.8 Å². The Hall–Kier alpha value is -2.99. The zero-order chi connectivity index (χ0) is 19.6. The molecule has 3 rings (SSSR count). The van der Waals surface area contributed by atoms with Crippen molar-refractivity contribution < 1.29 is 14.3 Å². The molecule has 0 bridgehead atoms. The molecule has 0 unspecified atom stereocenters. The van der Waals surface area contributed by atoms with Gasteiger partial charge >= 0.3 is 5.97 Å².